The van der Waals surface area contributed by atoms with Gasteiger partial charge in [0.1, 0.15) is 0 Å². The maximum Gasteiger partial charge on any atom is 0.0469 e. The van der Waals surface area contributed by atoms with Crippen LogP contribution in [0.2, 0.25) is 0 Å². The largest absolute Gasteiger partial charge is 0.381 e. The lowest BCUT2D eigenvalue weighted by atomic mass is 9.89. The number of piperazine rings is 1. The zero-order chi connectivity index (χ0) is 13.2. The minimum Gasteiger partial charge on any atom is -0.381 e. The second-order valence-electron chi connectivity index (χ2n) is 6.74. The van der Waals surface area contributed by atoms with Gasteiger partial charge in [0.2, 0.25) is 0 Å². The Bertz CT molecular complexity index is 290. The molecular weight excluding hydrogens is 236 g/mol. The quantitative estimate of drug-likeness (QED) is 0.780. The third-order valence-electron chi connectivity index (χ3n) is 5.78. The van der Waals surface area contributed by atoms with Crippen LogP contribution in [0.3, 0.4) is 0 Å². The minimum atomic E-state index is 0.747. The lowest BCUT2D eigenvalue weighted by Crippen LogP contribution is -2.59. The summed E-state index contributed by atoms with van der Waals surface area (Å²) in [4.78, 5) is 5.60. The highest BCUT2D eigenvalue weighted by Crippen LogP contribution is 2.31. The van der Waals surface area contributed by atoms with Gasteiger partial charge in [-0.3, -0.25) is 9.80 Å². The lowest BCUT2D eigenvalue weighted by Gasteiger charge is -2.48. The molecule has 3 heterocycles. The van der Waals surface area contributed by atoms with Crippen molar-refractivity contribution in [1.29, 1.82) is 0 Å². The van der Waals surface area contributed by atoms with Crippen molar-refractivity contribution < 1.29 is 4.74 Å². The predicted molar refractivity (Wildman–Crippen MR) is 78.4 cm³/mol. The maximum atomic E-state index is 5.53. The molecule has 110 valence electrons. The Morgan fingerprint density at radius 3 is 2.68 bits per heavy atom. The molecule has 3 rings (SSSR count). The molecule has 0 aromatic rings. The monoisotopic (exact) mass is 266 g/mol. The van der Waals surface area contributed by atoms with Gasteiger partial charge in [-0.2, -0.15) is 0 Å². The molecule has 0 aliphatic carbocycles. The van der Waals surface area contributed by atoms with Crippen LogP contribution in [-0.2, 0) is 4.74 Å². The van der Waals surface area contributed by atoms with Crippen LogP contribution in [0.15, 0.2) is 0 Å². The molecule has 0 spiro atoms. The molecule has 0 radical (unpaired) electrons. The summed E-state index contributed by atoms with van der Waals surface area (Å²) in [6, 6.07) is 2.38. The SMILES string of the molecule is CCC1CN2CCCC2CN1C(C)C1CCOCC1. The van der Waals surface area contributed by atoms with Crippen LogP contribution in [-0.4, -0.2) is 60.8 Å². The number of nitrogens with zero attached hydrogens (tertiary/aromatic N) is 2. The van der Waals surface area contributed by atoms with Crippen LogP contribution in [0.25, 0.3) is 0 Å². The third-order valence-corrected chi connectivity index (χ3v) is 5.78. The van der Waals surface area contributed by atoms with Crippen LogP contribution in [0, 0.1) is 5.92 Å². The minimum absolute atomic E-state index is 0.747. The van der Waals surface area contributed by atoms with Crippen molar-refractivity contribution in [1.82, 2.24) is 9.80 Å². The average molecular weight is 266 g/mol. The summed E-state index contributed by atoms with van der Waals surface area (Å²) in [7, 11) is 0. The molecule has 3 heteroatoms. The summed E-state index contributed by atoms with van der Waals surface area (Å²) in [5.74, 6) is 0.857. The number of rotatable bonds is 3. The fraction of sp³-hybridized carbons (Fsp3) is 1.00. The molecule has 3 atom stereocenters. The van der Waals surface area contributed by atoms with Gasteiger partial charge in [0, 0.05) is 44.4 Å². The fourth-order valence-corrected chi connectivity index (χ4v) is 4.44. The number of fused-ring (bicyclic) bond motifs is 1. The Kier molecular flexibility index (Phi) is 4.45. The Morgan fingerprint density at radius 2 is 1.95 bits per heavy atom. The van der Waals surface area contributed by atoms with Crippen molar-refractivity contribution >= 4 is 0 Å². The van der Waals surface area contributed by atoms with Crippen molar-refractivity contribution in [2.45, 2.75) is 64.1 Å². The van der Waals surface area contributed by atoms with Gasteiger partial charge < -0.3 is 4.74 Å². The Balaban J connectivity index is 1.66. The van der Waals surface area contributed by atoms with Gasteiger partial charge in [-0.15, -0.1) is 0 Å². The number of ether oxygens (including phenoxy) is 1. The molecule has 3 fully saturated rings. The summed E-state index contributed by atoms with van der Waals surface area (Å²) in [5, 5.41) is 0. The fourth-order valence-electron chi connectivity index (χ4n) is 4.44. The summed E-state index contributed by atoms with van der Waals surface area (Å²) in [6.07, 6.45) is 6.68. The van der Waals surface area contributed by atoms with Gasteiger partial charge in [0.25, 0.3) is 0 Å². The first-order valence-electron chi connectivity index (χ1n) is 8.37. The van der Waals surface area contributed by atoms with Crippen molar-refractivity contribution in [3.05, 3.63) is 0 Å². The molecule has 0 aromatic carbocycles. The van der Waals surface area contributed by atoms with Gasteiger partial charge in [-0.05, 0) is 51.5 Å². The highest BCUT2D eigenvalue weighted by molar-refractivity contribution is 4.94. The molecule has 3 aliphatic rings. The molecule has 0 aromatic heterocycles. The van der Waals surface area contributed by atoms with Gasteiger partial charge >= 0.3 is 0 Å². The standard InChI is InChI=1S/C16H30N2O/c1-3-15-11-17-8-4-5-16(17)12-18(15)13(2)14-6-9-19-10-7-14/h13-16H,3-12H2,1-2H3. The zero-order valence-electron chi connectivity index (χ0n) is 12.7. The molecule has 3 saturated heterocycles. The summed E-state index contributed by atoms with van der Waals surface area (Å²) in [5.41, 5.74) is 0. The Hall–Kier alpha value is -0.120. The van der Waals surface area contributed by atoms with Gasteiger partial charge in [0.05, 0.1) is 0 Å². The van der Waals surface area contributed by atoms with Crippen LogP contribution < -0.4 is 0 Å². The van der Waals surface area contributed by atoms with Crippen LogP contribution in [0.1, 0.15) is 46.0 Å². The average Bonchev–Trinajstić information content (AvgIpc) is 2.93. The van der Waals surface area contributed by atoms with E-state index in [1.54, 1.807) is 0 Å². The number of hydrogen-bond acceptors (Lipinski definition) is 3. The first-order valence-corrected chi connectivity index (χ1v) is 8.37. The predicted octanol–water partition coefficient (Wildman–Crippen LogP) is 2.36. The van der Waals surface area contributed by atoms with E-state index in [4.69, 9.17) is 4.74 Å². The van der Waals surface area contributed by atoms with Gasteiger partial charge in [-0.25, -0.2) is 0 Å². The Morgan fingerprint density at radius 1 is 1.16 bits per heavy atom. The van der Waals surface area contributed by atoms with E-state index >= 15 is 0 Å². The molecular formula is C16H30N2O. The molecule has 3 nitrogen and oxygen atoms in total. The van der Waals surface area contributed by atoms with Crippen molar-refractivity contribution in [2.24, 2.45) is 5.92 Å². The molecule has 0 saturated carbocycles. The topological polar surface area (TPSA) is 15.7 Å². The maximum absolute atomic E-state index is 5.53. The van der Waals surface area contributed by atoms with Gasteiger partial charge in [-0.1, -0.05) is 6.92 Å². The van der Waals surface area contributed by atoms with Crippen LogP contribution >= 0.6 is 0 Å². The molecule has 3 aliphatic heterocycles. The molecule has 3 unspecified atom stereocenters. The van der Waals surface area contributed by atoms with Crippen LogP contribution in [0.5, 0.6) is 0 Å². The van der Waals surface area contributed by atoms with E-state index in [2.05, 4.69) is 23.6 Å². The zero-order valence-corrected chi connectivity index (χ0v) is 12.7. The van der Waals surface area contributed by atoms with E-state index < -0.39 is 0 Å². The number of hydrogen-bond donors (Lipinski definition) is 0. The Labute approximate surface area is 118 Å². The smallest absolute Gasteiger partial charge is 0.0469 e. The molecule has 19 heavy (non-hydrogen) atoms. The summed E-state index contributed by atoms with van der Waals surface area (Å²) < 4.78 is 5.53. The second kappa shape index (κ2) is 6.11. The summed E-state index contributed by atoms with van der Waals surface area (Å²) >= 11 is 0. The second-order valence-corrected chi connectivity index (χ2v) is 6.74. The van der Waals surface area contributed by atoms with E-state index in [9.17, 15) is 0 Å². The van der Waals surface area contributed by atoms with Crippen molar-refractivity contribution in [3.8, 4) is 0 Å². The molecule has 0 bridgehead atoms. The molecule has 0 amide bonds. The van der Waals surface area contributed by atoms with Crippen LogP contribution in [0.4, 0.5) is 0 Å². The first kappa shape index (κ1) is 13.8. The van der Waals surface area contributed by atoms with Gasteiger partial charge in [0.15, 0.2) is 0 Å². The van der Waals surface area contributed by atoms with Crippen molar-refractivity contribution in [3.63, 3.8) is 0 Å². The van der Waals surface area contributed by atoms with Crippen molar-refractivity contribution in [2.75, 3.05) is 32.8 Å². The van der Waals surface area contributed by atoms with E-state index in [-0.39, 0.29) is 0 Å². The lowest BCUT2D eigenvalue weighted by molar-refractivity contribution is -0.0221. The first-order chi connectivity index (χ1) is 9.29. The molecule has 0 N–H and O–H groups in total. The van der Waals surface area contributed by atoms with E-state index in [1.807, 2.05) is 0 Å². The van der Waals surface area contributed by atoms with E-state index in [0.717, 1.165) is 37.3 Å². The normalized spacial score (nSPS) is 36.3. The summed E-state index contributed by atoms with van der Waals surface area (Å²) in [6.45, 7) is 10.8. The highest BCUT2D eigenvalue weighted by atomic mass is 16.5. The highest BCUT2D eigenvalue weighted by Gasteiger charge is 2.39. The third kappa shape index (κ3) is 2.84. The van der Waals surface area contributed by atoms with E-state index in [1.165, 1.54) is 51.7 Å². The van der Waals surface area contributed by atoms with E-state index in [0.29, 0.717) is 0 Å².